The highest BCUT2D eigenvalue weighted by atomic mass is 32.3. The van der Waals surface area contributed by atoms with E-state index < -0.39 is 35.2 Å². The number of hydrogen-bond donors (Lipinski definition) is 5. The van der Waals surface area contributed by atoms with Gasteiger partial charge in [0, 0.05) is 31.3 Å². The van der Waals surface area contributed by atoms with E-state index in [1.165, 1.54) is 22.5 Å². The van der Waals surface area contributed by atoms with Gasteiger partial charge in [-0.15, -0.1) is 23.9 Å². The molecule has 13 heteroatoms. The number of carbonyl (C=O) groups is 1. The second-order valence-electron chi connectivity index (χ2n) is 10.8. The number of aliphatic hydroxyl groups is 1. The molecule has 240 valence electrons. The van der Waals surface area contributed by atoms with E-state index in [2.05, 4.69) is 15.4 Å². The van der Waals surface area contributed by atoms with Gasteiger partial charge in [-0.2, -0.15) is 0 Å². The summed E-state index contributed by atoms with van der Waals surface area (Å²) in [5.41, 5.74) is 2.06. The maximum Gasteiger partial charge on any atom is 0.573 e. The minimum Gasteiger partial charge on any atom is -0.491 e. The van der Waals surface area contributed by atoms with Crippen LogP contribution in [0.25, 0.3) is 0 Å². The molecule has 5 N–H and O–H groups in total. The third-order valence-corrected chi connectivity index (χ3v) is 8.78. The topological polar surface area (TPSA) is 124 Å². The molecule has 0 saturated carbocycles. The number of rotatable bonds is 13. The molecule has 1 aliphatic rings. The number of amides is 1. The molecule has 0 aromatic heterocycles. The smallest absolute Gasteiger partial charge is 0.491 e. The Labute approximate surface area is 256 Å². The van der Waals surface area contributed by atoms with E-state index in [1.54, 1.807) is 24.3 Å². The Morgan fingerprint density at radius 2 is 1.73 bits per heavy atom. The summed E-state index contributed by atoms with van der Waals surface area (Å²) in [4.78, 5) is 13.6. The molecule has 0 radical (unpaired) electrons. The van der Waals surface area contributed by atoms with Gasteiger partial charge >= 0.3 is 6.36 Å². The van der Waals surface area contributed by atoms with Gasteiger partial charge in [-0.1, -0.05) is 42.5 Å². The molecule has 4 rings (SSSR count). The second-order valence-corrected chi connectivity index (χ2v) is 13.0. The van der Waals surface area contributed by atoms with Crippen LogP contribution in [0.4, 0.5) is 18.9 Å². The number of aliphatic hydroxyl groups excluding tert-OH is 1. The third-order valence-electron chi connectivity index (χ3n) is 6.84. The van der Waals surface area contributed by atoms with Crippen LogP contribution in [0.15, 0.2) is 72.8 Å². The molecule has 0 aliphatic carbocycles. The molecule has 3 aromatic rings. The van der Waals surface area contributed by atoms with Crippen molar-refractivity contribution in [2.75, 3.05) is 23.1 Å². The number of ether oxygens (including phenoxy) is 2. The Morgan fingerprint density at radius 1 is 1.00 bits per heavy atom. The van der Waals surface area contributed by atoms with Gasteiger partial charge in [0.25, 0.3) is 5.91 Å². The summed E-state index contributed by atoms with van der Waals surface area (Å²) < 4.78 is 70.2. The first-order chi connectivity index (χ1) is 20.8. The van der Waals surface area contributed by atoms with Gasteiger partial charge in [0.15, 0.2) is 0 Å². The van der Waals surface area contributed by atoms with Gasteiger partial charge in [-0.3, -0.25) is 18.2 Å². The predicted molar refractivity (Wildman–Crippen MR) is 164 cm³/mol. The minimum absolute atomic E-state index is 0.0264. The Kier molecular flexibility index (Phi) is 11.0. The summed E-state index contributed by atoms with van der Waals surface area (Å²) in [7, 11) is -3.02. The van der Waals surface area contributed by atoms with Gasteiger partial charge in [0.1, 0.15) is 11.5 Å². The van der Waals surface area contributed by atoms with Crippen molar-refractivity contribution in [3.63, 3.8) is 0 Å². The fourth-order valence-electron chi connectivity index (χ4n) is 4.92. The zero-order valence-corrected chi connectivity index (χ0v) is 25.3. The van der Waals surface area contributed by atoms with E-state index in [0.29, 0.717) is 36.4 Å². The van der Waals surface area contributed by atoms with E-state index in [1.807, 2.05) is 44.2 Å². The van der Waals surface area contributed by atoms with E-state index in [4.69, 9.17) is 4.74 Å². The summed E-state index contributed by atoms with van der Waals surface area (Å²) in [6.45, 7) is 4.28. The van der Waals surface area contributed by atoms with Gasteiger partial charge in [0.2, 0.25) is 0 Å². The lowest BCUT2D eigenvalue weighted by atomic mass is 10.00. The van der Waals surface area contributed by atoms with Crippen LogP contribution in [0.3, 0.4) is 0 Å². The highest BCUT2D eigenvalue weighted by molar-refractivity contribution is 8.25. The van der Waals surface area contributed by atoms with Gasteiger partial charge in [-0.05, 0) is 62.1 Å². The molecule has 1 fully saturated rings. The number of alkyl halides is 3. The number of nitrogens with one attached hydrogen (secondary N) is 2. The van der Waals surface area contributed by atoms with Crippen molar-refractivity contribution >= 4 is 22.4 Å². The first kappa shape index (κ1) is 33.4. The summed E-state index contributed by atoms with van der Waals surface area (Å²) >= 11 is 0. The van der Waals surface area contributed by atoms with Crippen LogP contribution < -0.4 is 24.4 Å². The van der Waals surface area contributed by atoms with Crippen molar-refractivity contribution in [2.45, 2.75) is 57.8 Å². The minimum atomic E-state index is -4.80. The van der Waals surface area contributed by atoms with Crippen LogP contribution in [0.2, 0.25) is 0 Å². The lowest BCUT2D eigenvalue weighted by Gasteiger charge is -2.38. The number of benzene rings is 3. The third kappa shape index (κ3) is 9.76. The molecule has 2 atom stereocenters. The molecular weight excluding hydrogens is 599 g/mol. The van der Waals surface area contributed by atoms with Gasteiger partial charge in [-0.25, -0.2) is 0 Å². The highest BCUT2D eigenvalue weighted by Crippen LogP contribution is 2.51. The lowest BCUT2D eigenvalue weighted by Crippen LogP contribution is -2.48. The average molecular weight is 638 g/mol. The molecule has 3 aromatic carbocycles. The molecule has 1 heterocycles. The Hall–Kier alpha value is -3.49. The zero-order chi connectivity index (χ0) is 31.9. The molecule has 9 nitrogen and oxygen atoms in total. The van der Waals surface area contributed by atoms with Crippen molar-refractivity contribution in [2.24, 2.45) is 0 Å². The van der Waals surface area contributed by atoms with E-state index in [0.717, 1.165) is 5.56 Å². The fraction of sp³-hybridized carbons (Fsp3) is 0.387. The van der Waals surface area contributed by atoms with Gasteiger partial charge < -0.3 is 25.2 Å². The average Bonchev–Trinajstić information content (AvgIpc) is 3.30. The quantitative estimate of drug-likeness (QED) is 0.161. The van der Waals surface area contributed by atoms with Crippen LogP contribution in [0, 0.1) is 0 Å². The standard InChI is InChI=1S/C31H38F3N3O6S/c1-21(2)42-27-17-24(16-25(18-27)37-12-7-13-44(37,40)41)30(39)36-28(15-22-8-4-3-5-9-22)29(38)20-35-19-23-10-6-11-26(14-23)43-31(32,33)34/h3-6,8-11,14,16-18,21,28-29,35,38,40-41H,7,12-13,15,19-20H2,1-2H3,(H,36,39)/t28-,29+/m0/s1. The molecule has 1 amide bonds. The first-order valence-corrected chi connectivity index (χ1v) is 15.9. The van der Waals surface area contributed by atoms with E-state index >= 15 is 0 Å². The zero-order valence-electron chi connectivity index (χ0n) is 24.5. The van der Waals surface area contributed by atoms with E-state index in [9.17, 15) is 32.2 Å². The molecule has 0 bridgehead atoms. The van der Waals surface area contributed by atoms with Crippen LogP contribution in [0.1, 0.15) is 41.8 Å². The molecule has 1 aliphatic heterocycles. The normalized spacial score (nSPS) is 16.8. The number of anilines is 1. The molecule has 0 spiro atoms. The summed E-state index contributed by atoms with van der Waals surface area (Å²) in [5.74, 6) is -0.205. The highest BCUT2D eigenvalue weighted by Gasteiger charge is 2.32. The lowest BCUT2D eigenvalue weighted by molar-refractivity contribution is -0.274. The van der Waals surface area contributed by atoms with Crippen LogP contribution >= 0.6 is 10.8 Å². The fourth-order valence-corrected chi connectivity index (χ4v) is 6.52. The SMILES string of the molecule is CC(C)Oc1cc(C(=O)N[C@@H](Cc2ccccc2)[C@H](O)CNCc2cccc(OC(F)(F)F)c2)cc(N2CCCS2(O)O)c1. The van der Waals surface area contributed by atoms with Gasteiger partial charge in [0.05, 0.1) is 29.7 Å². The van der Waals surface area contributed by atoms with Crippen LogP contribution in [-0.2, 0) is 13.0 Å². The Balaban J connectivity index is 1.50. The number of carbonyl (C=O) groups excluding carboxylic acids is 1. The van der Waals surface area contributed by atoms with Crippen LogP contribution in [-0.4, -0.2) is 63.6 Å². The maximum atomic E-state index is 13.6. The Bertz CT molecular complexity index is 1390. The van der Waals surface area contributed by atoms with Crippen molar-refractivity contribution in [1.29, 1.82) is 0 Å². The van der Waals surface area contributed by atoms with Crippen molar-refractivity contribution < 1.29 is 41.7 Å². The van der Waals surface area contributed by atoms with Crippen molar-refractivity contribution in [1.82, 2.24) is 10.6 Å². The van der Waals surface area contributed by atoms with Crippen LogP contribution in [0.5, 0.6) is 11.5 Å². The first-order valence-electron chi connectivity index (χ1n) is 14.2. The summed E-state index contributed by atoms with van der Waals surface area (Å²) in [6, 6.07) is 18.9. The van der Waals surface area contributed by atoms with E-state index in [-0.39, 0.29) is 36.3 Å². The summed E-state index contributed by atoms with van der Waals surface area (Å²) in [6.07, 6.45) is -5.18. The second kappa shape index (κ2) is 14.5. The summed E-state index contributed by atoms with van der Waals surface area (Å²) in [5, 5.41) is 17.1. The van der Waals surface area contributed by atoms with Crippen molar-refractivity contribution in [3.05, 3.63) is 89.5 Å². The molecule has 0 unspecified atom stereocenters. The number of hydrogen-bond acceptors (Lipinski definition) is 8. The number of halogens is 3. The maximum absolute atomic E-state index is 13.6. The molecule has 44 heavy (non-hydrogen) atoms. The molecule has 1 saturated heterocycles. The Morgan fingerprint density at radius 3 is 2.39 bits per heavy atom. The molecular formula is C31H38F3N3O6S. The largest absolute Gasteiger partial charge is 0.573 e. The predicted octanol–water partition coefficient (Wildman–Crippen LogP) is 5.74. The number of nitrogens with zero attached hydrogens (tertiary/aromatic N) is 1. The monoisotopic (exact) mass is 637 g/mol. The van der Waals surface area contributed by atoms with Crippen molar-refractivity contribution in [3.8, 4) is 11.5 Å².